The van der Waals surface area contributed by atoms with E-state index in [-0.39, 0.29) is 112 Å². The fourth-order valence-corrected chi connectivity index (χ4v) is 4.88. The maximum absolute atomic E-state index is 13.7. The number of benzene rings is 2. The van der Waals surface area contributed by atoms with Crippen molar-refractivity contribution in [1.82, 2.24) is 5.32 Å². The number of carbonyl (C=O) groups excluding carboxylic acids is 5. The normalized spacial score (nSPS) is 11.8. The zero-order valence-corrected chi connectivity index (χ0v) is 30.8. The molecule has 49 heavy (non-hydrogen) atoms. The highest BCUT2D eigenvalue weighted by Gasteiger charge is 2.34. The molecule has 1 amide bonds. The van der Waals surface area contributed by atoms with E-state index >= 15 is 0 Å². The molecule has 2 aromatic rings. The highest BCUT2D eigenvalue weighted by Crippen LogP contribution is 2.22. The second-order valence-corrected chi connectivity index (χ2v) is 14.2. The predicted molar refractivity (Wildman–Crippen MR) is 192 cm³/mol. The number of ketones is 4. The van der Waals surface area contributed by atoms with Gasteiger partial charge in [-0.05, 0) is 29.2 Å². The van der Waals surface area contributed by atoms with Crippen molar-refractivity contribution in [2.24, 2.45) is 23.7 Å². The average molecular weight is 680 g/mol. The van der Waals surface area contributed by atoms with E-state index in [4.69, 9.17) is 14.2 Å². The van der Waals surface area contributed by atoms with Crippen molar-refractivity contribution < 1.29 is 38.2 Å². The van der Waals surface area contributed by atoms with Crippen molar-refractivity contribution in [1.29, 1.82) is 0 Å². The Morgan fingerprint density at radius 3 is 1.22 bits per heavy atom. The van der Waals surface area contributed by atoms with Gasteiger partial charge in [0.15, 0.2) is 5.78 Å². The summed E-state index contributed by atoms with van der Waals surface area (Å²) in [6.07, 6.45) is 1.17. The molecule has 2 aromatic carbocycles. The highest BCUT2D eigenvalue weighted by molar-refractivity contribution is 5.97. The Kier molecular flexibility index (Phi) is 17.7. The van der Waals surface area contributed by atoms with Crippen LogP contribution in [-0.2, 0) is 28.6 Å². The first-order valence-corrected chi connectivity index (χ1v) is 17.5. The Morgan fingerprint density at radius 2 is 0.898 bits per heavy atom. The molecule has 9 heteroatoms. The summed E-state index contributed by atoms with van der Waals surface area (Å²) in [4.78, 5) is 62.8. The fraction of sp³-hybridized carbons (Fsp3) is 0.575. The molecule has 0 aliphatic rings. The molecular weight excluding hydrogens is 622 g/mol. The second-order valence-electron chi connectivity index (χ2n) is 14.2. The molecule has 2 rings (SSSR count). The summed E-state index contributed by atoms with van der Waals surface area (Å²) in [7, 11) is 0. The van der Waals surface area contributed by atoms with Crippen LogP contribution in [0.25, 0.3) is 11.1 Å². The standard InChI is InChI=1S/C40H57NO8/c1-27(2)23-38(45)33-13-9-31(10-14-33)32-11-15-34(16-12-32)39(46)41-40(24-47-20-17-35(42)28(3)4,25-48-21-18-36(43)29(5)6)26-49-22-19-37(44)30(7)8/h9-16,27-30H,17-26H2,1-8H3,(H,41,46). The Labute approximate surface area is 292 Å². The third kappa shape index (κ3) is 14.9. The Morgan fingerprint density at radius 1 is 0.551 bits per heavy atom. The van der Waals surface area contributed by atoms with Gasteiger partial charge in [-0.25, -0.2) is 0 Å². The van der Waals surface area contributed by atoms with Crippen molar-refractivity contribution in [2.45, 2.75) is 86.6 Å². The SMILES string of the molecule is CC(C)CC(=O)c1ccc(-c2ccc(C(=O)NC(COCCC(=O)C(C)C)(COCCC(=O)C(C)C)COCCC(=O)C(C)C)cc2)cc1. The summed E-state index contributed by atoms with van der Waals surface area (Å²) in [5.74, 6) is -0.146. The van der Waals surface area contributed by atoms with Crippen LogP contribution in [0.5, 0.6) is 0 Å². The molecule has 0 aliphatic carbocycles. The van der Waals surface area contributed by atoms with Gasteiger partial charge in [0.05, 0.1) is 39.6 Å². The lowest BCUT2D eigenvalue weighted by molar-refractivity contribution is -0.123. The van der Waals surface area contributed by atoms with Crippen LogP contribution >= 0.6 is 0 Å². The maximum Gasteiger partial charge on any atom is 0.251 e. The van der Waals surface area contributed by atoms with Gasteiger partial charge in [0.1, 0.15) is 22.9 Å². The molecule has 0 saturated carbocycles. The molecular formula is C40H57NO8. The molecule has 1 N–H and O–H groups in total. The van der Waals surface area contributed by atoms with E-state index < -0.39 is 5.54 Å². The molecule has 0 bridgehead atoms. The number of rotatable bonds is 24. The van der Waals surface area contributed by atoms with Gasteiger partial charge in [0.2, 0.25) is 0 Å². The van der Waals surface area contributed by atoms with Crippen molar-refractivity contribution >= 4 is 29.0 Å². The lowest BCUT2D eigenvalue weighted by Crippen LogP contribution is -2.58. The van der Waals surface area contributed by atoms with Crippen LogP contribution < -0.4 is 5.32 Å². The number of amides is 1. The van der Waals surface area contributed by atoms with Gasteiger partial charge in [-0.3, -0.25) is 24.0 Å². The monoisotopic (exact) mass is 679 g/mol. The van der Waals surface area contributed by atoms with Gasteiger partial charge in [-0.15, -0.1) is 0 Å². The molecule has 0 spiro atoms. The average Bonchev–Trinajstić information content (AvgIpc) is 3.06. The van der Waals surface area contributed by atoms with Gasteiger partial charge in [0, 0.05) is 54.6 Å². The third-order valence-electron chi connectivity index (χ3n) is 8.20. The number of carbonyl (C=O) groups is 5. The van der Waals surface area contributed by atoms with Gasteiger partial charge in [-0.2, -0.15) is 0 Å². The third-order valence-corrected chi connectivity index (χ3v) is 8.20. The van der Waals surface area contributed by atoms with Gasteiger partial charge < -0.3 is 19.5 Å². The minimum absolute atomic E-state index is 0.0136. The molecule has 9 nitrogen and oxygen atoms in total. The lowest BCUT2D eigenvalue weighted by atomic mass is 9.97. The summed E-state index contributed by atoms with van der Waals surface area (Å²) in [5, 5.41) is 3.07. The highest BCUT2D eigenvalue weighted by atomic mass is 16.5. The van der Waals surface area contributed by atoms with E-state index in [9.17, 15) is 24.0 Å². The van der Waals surface area contributed by atoms with Crippen LogP contribution in [-0.4, -0.2) is 74.2 Å². The largest absolute Gasteiger partial charge is 0.378 e. The smallest absolute Gasteiger partial charge is 0.251 e. The van der Waals surface area contributed by atoms with Crippen LogP contribution in [0.2, 0.25) is 0 Å². The second kappa shape index (κ2) is 20.9. The molecule has 0 atom stereocenters. The molecule has 0 fully saturated rings. The summed E-state index contributed by atoms with van der Waals surface area (Å²) >= 11 is 0. The van der Waals surface area contributed by atoms with E-state index in [2.05, 4.69) is 5.32 Å². The van der Waals surface area contributed by atoms with Crippen molar-refractivity contribution in [2.75, 3.05) is 39.6 Å². The summed E-state index contributed by atoms with van der Waals surface area (Å²) < 4.78 is 17.9. The summed E-state index contributed by atoms with van der Waals surface area (Å²) in [6, 6.07) is 14.6. The van der Waals surface area contributed by atoms with Crippen molar-refractivity contribution in [3.05, 3.63) is 59.7 Å². The topological polar surface area (TPSA) is 125 Å². The first-order valence-electron chi connectivity index (χ1n) is 17.5. The fourth-order valence-electron chi connectivity index (χ4n) is 4.88. The molecule has 0 aliphatic heterocycles. The Hall–Kier alpha value is -3.53. The summed E-state index contributed by atoms with van der Waals surface area (Å²) in [6.45, 7) is 15.5. The number of hydrogen-bond acceptors (Lipinski definition) is 8. The molecule has 0 aromatic heterocycles. The van der Waals surface area contributed by atoms with E-state index in [1.807, 2.05) is 91.8 Å². The van der Waals surface area contributed by atoms with Gasteiger partial charge >= 0.3 is 0 Å². The molecule has 0 saturated heterocycles. The predicted octanol–water partition coefficient (Wildman–Crippen LogP) is 6.95. The van der Waals surface area contributed by atoms with Gasteiger partial charge in [-0.1, -0.05) is 91.8 Å². The van der Waals surface area contributed by atoms with Crippen LogP contribution in [0.4, 0.5) is 0 Å². The van der Waals surface area contributed by atoms with E-state index in [1.165, 1.54) is 0 Å². The first-order chi connectivity index (χ1) is 23.1. The summed E-state index contributed by atoms with van der Waals surface area (Å²) in [5.41, 5.74) is 1.71. The first kappa shape index (κ1) is 41.6. The van der Waals surface area contributed by atoms with E-state index in [1.54, 1.807) is 12.1 Å². The minimum atomic E-state index is -1.17. The minimum Gasteiger partial charge on any atom is -0.378 e. The zero-order valence-electron chi connectivity index (χ0n) is 30.8. The Bertz CT molecular complexity index is 1290. The number of ether oxygens (including phenoxy) is 3. The maximum atomic E-state index is 13.7. The van der Waals surface area contributed by atoms with Crippen molar-refractivity contribution in [3.8, 4) is 11.1 Å². The molecule has 0 radical (unpaired) electrons. The number of hydrogen-bond donors (Lipinski definition) is 1. The molecule has 270 valence electrons. The van der Waals surface area contributed by atoms with Crippen LogP contribution in [0.3, 0.4) is 0 Å². The van der Waals surface area contributed by atoms with Crippen LogP contribution in [0, 0.1) is 23.7 Å². The quantitative estimate of drug-likeness (QED) is 0.0934. The zero-order chi connectivity index (χ0) is 36.6. The van der Waals surface area contributed by atoms with Crippen molar-refractivity contribution in [3.63, 3.8) is 0 Å². The van der Waals surface area contributed by atoms with E-state index in [0.29, 0.717) is 17.5 Å². The number of nitrogens with one attached hydrogen (secondary N) is 1. The molecule has 0 heterocycles. The molecule has 0 unspecified atom stereocenters. The van der Waals surface area contributed by atoms with Gasteiger partial charge in [0.25, 0.3) is 5.91 Å². The number of Topliss-reactive ketones (excluding diaryl/α,β-unsaturated/α-hetero) is 4. The van der Waals surface area contributed by atoms with Crippen LogP contribution in [0.15, 0.2) is 48.5 Å². The lowest BCUT2D eigenvalue weighted by Gasteiger charge is -2.34. The van der Waals surface area contributed by atoms with E-state index in [0.717, 1.165) is 11.1 Å². The van der Waals surface area contributed by atoms with Crippen LogP contribution in [0.1, 0.15) is 102 Å². The Balaban J connectivity index is 2.27.